The van der Waals surface area contributed by atoms with Gasteiger partial charge in [-0.15, -0.1) is 0 Å². The predicted octanol–water partition coefficient (Wildman–Crippen LogP) is 5.31. The molecule has 3 rings (SSSR count). The van der Waals surface area contributed by atoms with E-state index in [1.807, 2.05) is 50.2 Å². The lowest BCUT2D eigenvalue weighted by atomic mass is 10.1. The largest absolute Gasteiger partial charge is 0.324 e. The van der Waals surface area contributed by atoms with Crippen molar-refractivity contribution in [2.24, 2.45) is 0 Å². The van der Waals surface area contributed by atoms with Crippen LogP contribution in [0.2, 0.25) is 5.02 Å². The third kappa shape index (κ3) is 4.44. The van der Waals surface area contributed by atoms with E-state index in [2.05, 4.69) is 27.5 Å². The maximum absolute atomic E-state index is 12.6. The number of halogens is 1. The molecule has 0 saturated carbocycles. The number of aryl methyl sites for hydroxylation is 3. The van der Waals surface area contributed by atoms with E-state index in [9.17, 15) is 4.79 Å². The lowest BCUT2D eigenvalue weighted by Crippen LogP contribution is -2.15. The standard InChI is InChI=1S/C21H21ClN4O/c1-4-15-7-5-6-14(3)19(15)26-20(27)16-11-23-21(24-12-16)25-18-10-17(22)9-8-13(18)2/h5-12H,4H2,1-3H3,(H,26,27)(H,23,24,25). The lowest BCUT2D eigenvalue weighted by Gasteiger charge is -2.13. The highest BCUT2D eigenvalue weighted by Gasteiger charge is 2.12. The molecule has 6 heteroatoms. The molecule has 2 aromatic carbocycles. The maximum Gasteiger partial charge on any atom is 0.258 e. The van der Waals surface area contributed by atoms with Crippen molar-refractivity contribution in [2.45, 2.75) is 27.2 Å². The van der Waals surface area contributed by atoms with Crippen LogP contribution in [-0.2, 0) is 6.42 Å². The minimum Gasteiger partial charge on any atom is -0.324 e. The smallest absolute Gasteiger partial charge is 0.258 e. The average molecular weight is 381 g/mol. The number of amides is 1. The molecule has 0 aliphatic heterocycles. The van der Waals surface area contributed by atoms with Gasteiger partial charge >= 0.3 is 0 Å². The zero-order chi connectivity index (χ0) is 19.4. The fourth-order valence-corrected chi connectivity index (χ4v) is 2.92. The SMILES string of the molecule is CCc1cccc(C)c1NC(=O)c1cnc(Nc2cc(Cl)ccc2C)nc1. The summed E-state index contributed by atoms with van der Waals surface area (Å²) in [7, 11) is 0. The van der Waals surface area contributed by atoms with Crippen molar-refractivity contribution in [3.05, 3.63) is 76.1 Å². The number of hydrogen-bond acceptors (Lipinski definition) is 4. The number of nitrogens with zero attached hydrogens (tertiary/aromatic N) is 2. The Kier molecular flexibility index (Phi) is 5.72. The summed E-state index contributed by atoms with van der Waals surface area (Å²) in [5.74, 6) is 0.173. The van der Waals surface area contributed by atoms with Gasteiger partial charge in [0, 0.05) is 28.8 Å². The van der Waals surface area contributed by atoms with Crippen molar-refractivity contribution >= 4 is 34.8 Å². The minimum atomic E-state index is -0.232. The van der Waals surface area contributed by atoms with Gasteiger partial charge in [-0.1, -0.05) is 42.8 Å². The summed E-state index contributed by atoms with van der Waals surface area (Å²) in [5, 5.41) is 6.72. The predicted molar refractivity (Wildman–Crippen MR) is 110 cm³/mol. The van der Waals surface area contributed by atoms with Crippen molar-refractivity contribution in [1.29, 1.82) is 0 Å². The second-order valence-corrected chi connectivity index (χ2v) is 6.73. The maximum atomic E-state index is 12.6. The summed E-state index contributed by atoms with van der Waals surface area (Å²) < 4.78 is 0. The van der Waals surface area contributed by atoms with E-state index in [-0.39, 0.29) is 5.91 Å². The number of nitrogens with one attached hydrogen (secondary N) is 2. The molecule has 1 heterocycles. The highest BCUT2D eigenvalue weighted by Crippen LogP contribution is 2.23. The van der Waals surface area contributed by atoms with Crippen LogP contribution in [0.4, 0.5) is 17.3 Å². The van der Waals surface area contributed by atoms with Crippen molar-refractivity contribution < 1.29 is 4.79 Å². The molecule has 0 aliphatic rings. The molecule has 0 unspecified atom stereocenters. The molecule has 5 nitrogen and oxygen atoms in total. The highest BCUT2D eigenvalue weighted by atomic mass is 35.5. The molecule has 138 valence electrons. The number of rotatable bonds is 5. The number of carbonyl (C=O) groups excluding carboxylic acids is 1. The van der Waals surface area contributed by atoms with Gasteiger partial charge in [-0.3, -0.25) is 4.79 Å². The number of anilines is 3. The number of hydrogen-bond donors (Lipinski definition) is 2. The monoisotopic (exact) mass is 380 g/mol. The first-order chi connectivity index (χ1) is 13.0. The van der Waals surface area contributed by atoms with E-state index < -0.39 is 0 Å². The summed E-state index contributed by atoms with van der Waals surface area (Å²) in [5.41, 5.74) is 5.22. The molecule has 0 aliphatic carbocycles. The first-order valence-electron chi connectivity index (χ1n) is 8.73. The second-order valence-electron chi connectivity index (χ2n) is 6.30. The van der Waals surface area contributed by atoms with Crippen LogP contribution in [0.3, 0.4) is 0 Å². The second kappa shape index (κ2) is 8.18. The van der Waals surface area contributed by atoms with Crippen LogP contribution in [0.25, 0.3) is 0 Å². The first kappa shape index (κ1) is 18.9. The molecule has 3 aromatic rings. The molecule has 0 fully saturated rings. The van der Waals surface area contributed by atoms with Crippen molar-refractivity contribution in [3.8, 4) is 0 Å². The van der Waals surface area contributed by atoms with Crippen LogP contribution in [0.1, 0.15) is 34.0 Å². The van der Waals surface area contributed by atoms with E-state index >= 15 is 0 Å². The topological polar surface area (TPSA) is 66.9 Å². The van der Waals surface area contributed by atoms with Crippen LogP contribution in [0.15, 0.2) is 48.8 Å². The Balaban J connectivity index is 1.75. The summed E-state index contributed by atoms with van der Waals surface area (Å²) in [6.45, 7) is 6.01. The lowest BCUT2D eigenvalue weighted by molar-refractivity contribution is 0.102. The Morgan fingerprint density at radius 2 is 1.81 bits per heavy atom. The number of benzene rings is 2. The van der Waals surface area contributed by atoms with Gasteiger partial charge in [0.15, 0.2) is 0 Å². The van der Waals surface area contributed by atoms with Crippen LogP contribution >= 0.6 is 11.6 Å². The summed E-state index contributed by atoms with van der Waals surface area (Å²) >= 11 is 6.03. The zero-order valence-electron chi connectivity index (χ0n) is 15.5. The fourth-order valence-electron chi connectivity index (χ4n) is 2.75. The third-order valence-corrected chi connectivity index (χ3v) is 4.57. The van der Waals surface area contributed by atoms with Gasteiger partial charge in [-0.05, 0) is 49.1 Å². The van der Waals surface area contributed by atoms with Gasteiger partial charge in [-0.2, -0.15) is 0 Å². The van der Waals surface area contributed by atoms with Crippen LogP contribution in [0, 0.1) is 13.8 Å². The Morgan fingerprint density at radius 1 is 1.07 bits per heavy atom. The molecule has 0 saturated heterocycles. The summed E-state index contributed by atoms with van der Waals surface area (Å²) in [6.07, 6.45) is 3.86. The molecular weight excluding hydrogens is 360 g/mol. The van der Waals surface area contributed by atoms with E-state index in [0.717, 1.165) is 34.5 Å². The fraction of sp³-hybridized carbons (Fsp3) is 0.190. The minimum absolute atomic E-state index is 0.232. The number of aromatic nitrogens is 2. The van der Waals surface area contributed by atoms with Crippen LogP contribution in [-0.4, -0.2) is 15.9 Å². The molecule has 1 aromatic heterocycles. The van der Waals surface area contributed by atoms with E-state index in [4.69, 9.17) is 11.6 Å². The molecular formula is C21H21ClN4O. The number of carbonyl (C=O) groups is 1. The van der Waals surface area contributed by atoms with Gasteiger partial charge < -0.3 is 10.6 Å². The van der Waals surface area contributed by atoms with Gasteiger partial charge in [0.1, 0.15) is 0 Å². The highest BCUT2D eigenvalue weighted by molar-refractivity contribution is 6.30. The molecule has 2 N–H and O–H groups in total. The molecule has 0 bridgehead atoms. The van der Waals surface area contributed by atoms with Crippen molar-refractivity contribution in [3.63, 3.8) is 0 Å². The molecule has 0 spiro atoms. The first-order valence-corrected chi connectivity index (χ1v) is 9.10. The van der Waals surface area contributed by atoms with E-state index in [0.29, 0.717) is 16.5 Å². The molecule has 27 heavy (non-hydrogen) atoms. The normalized spacial score (nSPS) is 10.5. The van der Waals surface area contributed by atoms with Gasteiger partial charge in [0.05, 0.1) is 5.56 Å². The average Bonchev–Trinajstić information content (AvgIpc) is 2.67. The molecule has 0 radical (unpaired) electrons. The van der Waals surface area contributed by atoms with E-state index in [1.165, 1.54) is 12.4 Å². The van der Waals surface area contributed by atoms with Gasteiger partial charge in [-0.25, -0.2) is 9.97 Å². The van der Waals surface area contributed by atoms with Crippen molar-refractivity contribution in [2.75, 3.05) is 10.6 Å². The van der Waals surface area contributed by atoms with Crippen molar-refractivity contribution in [1.82, 2.24) is 9.97 Å². The third-order valence-electron chi connectivity index (χ3n) is 4.34. The van der Waals surface area contributed by atoms with Gasteiger partial charge in [0.25, 0.3) is 5.91 Å². The van der Waals surface area contributed by atoms with Crippen LogP contribution < -0.4 is 10.6 Å². The summed E-state index contributed by atoms with van der Waals surface area (Å²) in [6, 6.07) is 11.5. The Labute approximate surface area is 163 Å². The Bertz CT molecular complexity index is 970. The molecule has 0 atom stereocenters. The molecule has 1 amide bonds. The zero-order valence-corrected chi connectivity index (χ0v) is 16.3. The van der Waals surface area contributed by atoms with E-state index in [1.54, 1.807) is 0 Å². The quantitative estimate of drug-likeness (QED) is 0.629. The Hall–Kier alpha value is -2.92. The van der Waals surface area contributed by atoms with Gasteiger partial charge in [0.2, 0.25) is 5.95 Å². The Morgan fingerprint density at radius 3 is 2.52 bits per heavy atom. The summed E-state index contributed by atoms with van der Waals surface area (Å²) in [4.78, 5) is 21.1. The van der Waals surface area contributed by atoms with Crippen LogP contribution in [0.5, 0.6) is 0 Å². The number of para-hydroxylation sites is 1.